The largest absolute Gasteiger partial charge is 0.368 e. The van der Waals surface area contributed by atoms with Crippen LogP contribution in [-0.4, -0.2) is 35.9 Å². The molecule has 0 radical (unpaired) electrons. The van der Waals surface area contributed by atoms with Crippen LogP contribution in [0.4, 0.5) is 8.78 Å². The van der Waals surface area contributed by atoms with Crippen LogP contribution in [0.5, 0.6) is 0 Å². The van der Waals surface area contributed by atoms with Crippen LogP contribution >= 0.6 is 0 Å². The van der Waals surface area contributed by atoms with Crippen molar-refractivity contribution in [3.63, 3.8) is 0 Å². The Bertz CT molecular complexity index is 1440. The summed E-state index contributed by atoms with van der Waals surface area (Å²) in [5.41, 5.74) is 8.29. The monoisotopic (exact) mass is 519 g/mol. The highest BCUT2D eigenvalue weighted by molar-refractivity contribution is 5.73. The van der Waals surface area contributed by atoms with E-state index in [1.165, 1.54) is 22.9 Å². The van der Waals surface area contributed by atoms with Crippen LogP contribution in [0, 0.1) is 17.0 Å². The minimum Gasteiger partial charge on any atom is -0.368 e. The Labute approximate surface area is 220 Å². The molecule has 0 aliphatic rings. The van der Waals surface area contributed by atoms with Gasteiger partial charge in [-0.15, -0.1) is 0 Å². The summed E-state index contributed by atoms with van der Waals surface area (Å²) in [4.78, 5) is 20.4. The molecule has 0 spiro atoms. The van der Waals surface area contributed by atoms with Crippen LogP contribution in [0.2, 0.25) is 0 Å². The Hall–Kier alpha value is -4.08. The molecule has 3 aromatic heterocycles. The SMILES string of the molecule is CCC(c1cc(-c2c(F)cccc2F)nnc1C(C)c1cncc(-c2ccn(CC(N)=O)n2)n1)C(C)(C)C. The van der Waals surface area contributed by atoms with Crippen molar-refractivity contribution in [3.8, 4) is 22.6 Å². The summed E-state index contributed by atoms with van der Waals surface area (Å²) in [5, 5.41) is 13.1. The van der Waals surface area contributed by atoms with Crippen LogP contribution < -0.4 is 5.73 Å². The summed E-state index contributed by atoms with van der Waals surface area (Å²) in [6, 6.07) is 7.23. The number of rotatable bonds is 8. The molecular formula is C28H31F2N7O. The van der Waals surface area contributed by atoms with Gasteiger partial charge in [0, 0.05) is 18.3 Å². The molecule has 4 rings (SSSR count). The van der Waals surface area contributed by atoms with Gasteiger partial charge in [-0.3, -0.25) is 14.5 Å². The lowest BCUT2D eigenvalue weighted by atomic mass is 9.73. The highest BCUT2D eigenvalue weighted by Gasteiger charge is 2.31. The van der Waals surface area contributed by atoms with Crippen LogP contribution in [-0.2, 0) is 11.3 Å². The zero-order valence-electron chi connectivity index (χ0n) is 22.1. The molecular weight excluding hydrogens is 488 g/mol. The summed E-state index contributed by atoms with van der Waals surface area (Å²) in [6.45, 7) is 10.4. The lowest BCUT2D eigenvalue weighted by molar-refractivity contribution is -0.118. The first kappa shape index (κ1) is 27.0. The quantitative estimate of drug-likeness (QED) is 0.340. The second-order valence-corrected chi connectivity index (χ2v) is 10.4. The van der Waals surface area contributed by atoms with Crippen LogP contribution in [0.1, 0.15) is 69.8 Å². The Morgan fingerprint density at radius 1 is 1.05 bits per heavy atom. The maximum atomic E-state index is 14.6. The van der Waals surface area contributed by atoms with Crippen molar-refractivity contribution < 1.29 is 13.6 Å². The van der Waals surface area contributed by atoms with Crippen LogP contribution in [0.15, 0.2) is 48.9 Å². The molecule has 2 N–H and O–H groups in total. The van der Waals surface area contributed by atoms with E-state index in [-0.39, 0.29) is 35.1 Å². The number of nitrogens with two attached hydrogens (primary N) is 1. The normalized spacial score (nSPS) is 13.3. The number of hydrogen-bond donors (Lipinski definition) is 1. The first-order chi connectivity index (χ1) is 18.0. The molecule has 0 fully saturated rings. The van der Waals surface area contributed by atoms with Gasteiger partial charge in [-0.25, -0.2) is 13.8 Å². The second kappa shape index (κ2) is 10.7. The Kier molecular flexibility index (Phi) is 7.61. The molecule has 8 nitrogen and oxygen atoms in total. The van der Waals surface area contributed by atoms with E-state index in [0.29, 0.717) is 22.8 Å². The molecule has 4 aromatic rings. The number of amides is 1. The topological polar surface area (TPSA) is 112 Å². The molecule has 198 valence electrons. The predicted molar refractivity (Wildman–Crippen MR) is 140 cm³/mol. The molecule has 10 heteroatoms. The van der Waals surface area contributed by atoms with E-state index in [0.717, 1.165) is 12.0 Å². The third-order valence-electron chi connectivity index (χ3n) is 6.63. The minimum atomic E-state index is -0.691. The Morgan fingerprint density at radius 3 is 2.39 bits per heavy atom. The number of primary amides is 1. The van der Waals surface area contributed by atoms with Gasteiger partial charge in [-0.1, -0.05) is 40.7 Å². The first-order valence-electron chi connectivity index (χ1n) is 12.5. The van der Waals surface area contributed by atoms with E-state index in [2.05, 4.69) is 48.0 Å². The van der Waals surface area contributed by atoms with Crippen molar-refractivity contribution in [1.29, 1.82) is 0 Å². The molecule has 3 heterocycles. The van der Waals surface area contributed by atoms with Gasteiger partial charge in [-0.05, 0) is 47.6 Å². The second-order valence-electron chi connectivity index (χ2n) is 10.4. The van der Waals surface area contributed by atoms with Gasteiger partial charge in [0.1, 0.15) is 29.6 Å². The fraction of sp³-hybridized carbons (Fsp3) is 0.357. The lowest BCUT2D eigenvalue weighted by Gasteiger charge is -2.32. The number of carbonyl (C=O) groups is 1. The van der Waals surface area contributed by atoms with Gasteiger partial charge in [0.2, 0.25) is 5.91 Å². The van der Waals surface area contributed by atoms with Crippen molar-refractivity contribution in [2.75, 3.05) is 0 Å². The van der Waals surface area contributed by atoms with Crippen LogP contribution in [0.3, 0.4) is 0 Å². The Morgan fingerprint density at radius 2 is 1.76 bits per heavy atom. The first-order valence-corrected chi connectivity index (χ1v) is 12.5. The van der Waals surface area contributed by atoms with Crippen LogP contribution in [0.25, 0.3) is 22.6 Å². The van der Waals surface area contributed by atoms with Crippen molar-refractivity contribution >= 4 is 5.91 Å². The summed E-state index contributed by atoms with van der Waals surface area (Å²) in [6.07, 6.45) is 5.69. The standard InChI is InChI=1S/C28H31F2N7O/c1-6-18(28(3,4)5)17-12-22(26-19(29)8-7-9-20(26)30)34-35-27(17)16(2)23-13-32-14-24(33-23)21-10-11-37(36-21)15-25(31)38/h7-14,16,18H,6,15H2,1-5H3,(H2,31,38). The van der Waals surface area contributed by atoms with Crippen molar-refractivity contribution in [3.05, 3.63) is 77.5 Å². The average Bonchev–Trinajstić information content (AvgIpc) is 3.31. The number of benzene rings is 1. The highest BCUT2D eigenvalue weighted by atomic mass is 19.1. The fourth-order valence-electron chi connectivity index (χ4n) is 4.79. The number of aromatic nitrogens is 6. The van der Waals surface area contributed by atoms with E-state index >= 15 is 0 Å². The van der Waals surface area contributed by atoms with E-state index in [4.69, 9.17) is 10.7 Å². The lowest BCUT2D eigenvalue weighted by Crippen LogP contribution is -2.21. The predicted octanol–water partition coefficient (Wildman–Crippen LogP) is 5.25. The van der Waals surface area contributed by atoms with E-state index < -0.39 is 17.5 Å². The fourth-order valence-corrected chi connectivity index (χ4v) is 4.79. The summed E-state index contributed by atoms with van der Waals surface area (Å²) >= 11 is 0. The van der Waals surface area contributed by atoms with Crippen molar-refractivity contribution in [2.24, 2.45) is 11.1 Å². The highest BCUT2D eigenvalue weighted by Crippen LogP contribution is 2.42. The zero-order valence-corrected chi connectivity index (χ0v) is 22.1. The summed E-state index contributed by atoms with van der Waals surface area (Å²) < 4.78 is 30.7. The van der Waals surface area contributed by atoms with E-state index in [1.54, 1.807) is 30.7 Å². The molecule has 2 atom stereocenters. The molecule has 0 saturated heterocycles. The summed E-state index contributed by atoms with van der Waals surface area (Å²) in [5.74, 6) is -2.17. The average molecular weight is 520 g/mol. The van der Waals surface area contributed by atoms with Gasteiger partial charge in [0.25, 0.3) is 0 Å². The van der Waals surface area contributed by atoms with Crippen molar-refractivity contribution in [2.45, 2.75) is 59.4 Å². The molecule has 2 unspecified atom stereocenters. The number of carbonyl (C=O) groups excluding carboxylic acids is 1. The van der Waals surface area contributed by atoms with Gasteiger partial charge in [0.15, 0.2) is 0 Å². The van der Waals surface area contributed by atoms with Gasteiger partial charge in [-0.2, -0.15) is 15.3 Å². The maximum absolute atomic E-state index is 14.6. The third-order valence-corrected chi connectivity index (χ3v) is 6.63. The molecule has 0 bridgehead atoms. The smallest absolute Gasteiger partial charge is 0.239 e. The van der Waals surface area contributed by atoms with Crippen molar-refractivity contribution in [1.82, 2.24) is 29.9 Å². The van der Waals surface area contributed by atoms with Gasteiger partial charge in [0.05, 0.1) is 28.8 Å². The van der Waals surface area contributed by atoms with Gasteiger partial charge < -0.3 is 5.73 Å². The number of nitrogens with zero attached hydrogens (tertiary/aromatic N) is 6. The molecule has 1 aromatic carbocycles. The zero-order chi connectivity index (χ0) is 27.6. The molecule has 0 saturated carbocycles. The molecule has 38 heavy (non-hydrogen) atoms. The molecule has 1 amide bonds. The third kappa shape index (κ3) is 5.58. The maximum Gasteiger partial charge on any atom is 0.239 e. The Balaban J connectivity index is 1.80. The van der Waals surface area contributed by atoms with E-state index in [1.807, 2.05) is 6.92 Å². The summed E-state index contributed by atoms with van der Waals surface area (Å²) in [7, 11) is 0. The molecule has 0 aliphatic heterocycles. The number of halogens is 2. The van der Waals surface area contributed by atoms with Gasteiger partial charge >= 0.3 is 0 Å². The molecule has 0 aliphatic carbocycles. The number of hydrogen-bond acceptors (Lipinski definition) is 6. The van der Waals surface area contributed by atoms with E-state index in [9.17, 15) is 13.6 Å². The minimum absolute atomic E-state index is 0.0321.